The summed E-state index contributed by atoms with van der Waals surface area (Å²) in [5.41, 5.74) is 0. The topological polar surface area (TPSA) is 49.9 Å². The molecule has 124 valence electrons. The van der Waals surface area contributed by atoms with Gasteiger partial charge in [0.25, 0.3) is 0 Å². The number of piperidine rings is 1. The SMILES string of the molecule is O=C1CC[C@H](C(=O)N2CCOCC2)CN1CC1CCCCC1. The van der Waals surface area contributed by atoms with Crippen LogP contribution in [0.5, 0.6) is 0 Å². The first-order chi connectivity index (χ1) is 10.7. The molecule has 1 aliphatic carbocycles. The van der Waals surface area contributed by atoms with Crippen LogP contribution in [0.25, 0.3) is 0 Å². The molecule has 0 spiro atoms. The van der Waals surface area contributed by atoms with E-state index < -0.39 is 0 Å². The molecule has 0 aromatic carbocycles. The van der Waals surface area contributed by atoms with Gasteiger partial charge in [0.1, 0.15) is 0 Å². The third kappa shape index (κ3) is 3.80. The maximum atomic E-state index is 12.6. The quantitative estimate of drug-likeness (QED) is 0.797. The average Bonchev–Trinajstić information content (AvgIpc) is 2.58. The summed E-state index contributed by atoms with van der Waals surface area (Å²) in [5.74, 6) is 1.12. The first kappa shape index (κ1) is 15.8. The molecule has 2 amide bonds. The second-order valence-corrected chi connectivity index (χ2v) is 6.98. The van der Waals surface area contributed by atoms with E-state index in [0.29, 0.717) is 45.2 Å². The lowest BCUT2D eigenvalue weighted by Gasteiger charge is -2.38. The van der Waals surface area contributed by atoms with E-state index in [1.54, 1.807) is 0 Å². The lowest BCUT2D eigenvalue weighted by Crippen LogP contribution is -2.50. The van der Waals surface area contributed by atoms with Crippen LogP contribution < -0.4 is 0 Å². The molecule has 3 fully saturated rings. The highest BCUT2D eigenvalue weighted by Gasteiger charge is 2.34. The Labute approximate surface area is 133 Å². The molecule has 0 bridgehead atoms. The zero-order valence-corrected chi connectivity index (χ0v) is 13.5. The van der Waals surface area contributed by atoms with Gasteiger partial charge in [-0.05, 0) is 25.2 Å². The Hall–Kier alpha value is -1.10. The zero-order valence-electron chi connectivity index (χ0n) is 13.5. The minimum absolute atomic E-state index is 0.000564. The van der Waals surface area contributed by atoms with Crippen LogP contribution in [0.4, 0.5) is 0 Å². The number of hydrogen-bond donors (Lipinski definition) is 0. The zero-order chi connectivity index (χ0) is 15.4. The Morgan fingerprint density at radius 2 is 1.82 bits per heavy atom. The van der Waals surface area contributed by atoms with Crippen LogP contribution >= 0.6 is 0 Å². The van der Waals surface area contributed by atoms with E-state index in [9.17, 15) is 9.59 Å². The summed E-state index contributed by atoms with van der Waals surface area (Å²) in [6.45, 7) is 4.18. The number of hydrogen-bond acceptors (Lipinski definition) is 3. The smallest absolute Gasteiger partial charge is 0.227 e. The molecule has 5 heteroatoms. The van der Waals surface area contributed by atoms with Gasteiger partial charge in [-0.1, -0.05) is 19.3 Å². The number of likely N-dealkylation sites (tertiary alicyclic amines) is 1. The Morgan fingerprint density at radius 1 is 1.09 bits per heavy atom. The number of carbonyl (C=O) groups is 2. The molecule has 2 heterocycles. The standard InChI is InChI=1S/C17H28N2O3/c20-16-7-6-15(17(21)18-8-10-22-11-9-18)13-19(16)12-14-4-2-1-3-5-14/h14-15H,1-13H2/t15-/m0/s1. The summed E-state index contributed by atoms with van der Waals surface area (Å²) in [6.07, 6.45) is 7.66. The summed E-state index contributed by atoms with van der Waals surface area (Å²) >= 11 is 0. The predicted molar refractivity (Wildman–Crippen MR) is 83.3 cm³/mol. The van der Waals surface area contributed by atoms with E-state index in [2.05, 4.69) is 0 Å². The molecule has 0 aromatic heterocycles. The largest absolute Gasteiger partial charge is 0.378 e. The Balaban J connectivity index is 1.55. The molecule has 3 aliphatic rings. The number of carbonyl (C=O) groups excluding carboxylic acids is 2. The third-order valence-corrected chi connectivity index (χ3v) is 5.38. The van der Waals surface area contributed by atoms with Gasteiger partial charge in [-0.2, -0.15) is 0 Å². The summed E-state index contributed by atoms with van der Waals surface area (Å²) < 4.78 is 5.32. The second kappa shape index (κ2) is 7.44. The molecule has 0 aromatic rings. The minimum Gasteiger partial charge on any atom is -0.378 e. The molecule has 2 aliphatic heterocycles. The van der Waals surface area contributed by atoms with Crippen molar-refractivity contribution in [3.8, 4) is 0 Å². The van der Waals surface area contributed by atoms with E-state index >= 15 is 0 Å². The van der Waals surface area contributed by atoms with Crippen LogP contribution in [0.15, 0.2) is 0 Å². The number of morpholine rings is 1. The molecule has 0 unspecified atom stereocenters. The summed E-state index contributed by atoms with van der Waals surface area (Å²) in [4.78, 5) is 28.7. The van der Waals surface area contributed by atoms with Crippen molar-refractivity contribution in [2.75, 3.05) is 39.4 Å². The van der Waals surface area contributed by atoms with Gasteiger partial charge in [0.05, 0.1) is 19.1 Å². The van der Waals surface area contributed by atoms with Gasteiger partial charge in [0, 0.05) is 32.6 Å². The van der Waals surface area contributed by atoms with Crippen LogP contribution in [-0.2, 0) is 14.3 Å². The number of amides is 2. The maximum Gasteiger partial charge on any atom is 0.227 e. The van der Waals surface area contributed by atoms with E-state index in [4.69, 9.17) is 4.74 Å². The van der Waals surface area contributed by atoms with E-state index in [1.165, 1.54) is 32.1 Å². The van der Waals surface area contributed by atoms with Gasteiger partial charge in [0.15, 0.2) is 0 Å². The average molecular weight is 308 g/mol. The molecule has 1 saturated carbocycles. The molecule has 0 radical (unpaired) electrons. The van der Waals surface area contributed by atoms with Crippen molar-refractivity contribution in [1.29, 1.82) is 0 Å². The second-order valence-electron chi connectivity index (χ2n) is 6.98. The minimum atomic E-state index is -0.000564. The van der Waals surface area contributed by atoms with Crippen LogP contribution in [0.1, 0.15) is 44.9 Å². The lowest BCUT2D eigenvalue weighted by atomic mass is 9.87. The number of ether oxygens (including phenoxy) is 1. The highest BCUT2D eigenvalue weighted by molar-refractivity contribution is 5.84. The van der Waals surface area contributed by atoms with Gasteiger partial charge >= 0.3 is 0 Å². The Kier molecular flexibility index (Phi) is 5.34. The maximum absolute atomic E-state index is 12.6. The molecule has 1 atom stereocenters. The van der Waals surface area contributed by atoms with Gasteiger partial charge in [-0.15, -0.1) is 0 Å². The van der Waals surface area contributed by atoms with Crippen molar-refractivity contribution in [2.45, 2.75) is 44.9 Å². The molecular formula is C17H28N2O3. The van der Waals surface area contributed by atoms with Crippen LogP contribution in [0.3, 0.4) is 0 Å². The van der Waals surface area contributed by atoms with Gasteiger partial charge in [-0.25, -0.2) is 0 Å². The Morgan fingerprint density at radius 3 is 2.55 bits per heavy atom. The van der Waals surface area contributed by atoms with Crippen molar-refractivity contribution >= 4 is 11.8 Å². The lowest BCUT2D eigenvalue weighted by molar-refractivity contribution is -0.146. The third-order valence-electron chi connectivity index (χ3n) is 5.38. The highest BCUT2D eigenvalue weighted by atomic mass is 16.5. The molecular weight excluding hydrogens is 280 g/mol. The van der Waals surface area contributed by atoms with Crippen molar-refractivity contribution in [3.05, 3.63) is 0 Å². The molecule has 2 saturated heterocycles. The van der Waals surface area contributed by atoms with E-state index in [-0.39, 0.29) is 17.7 Å². The molecule has 0 N–H and O–H groups in total. The van der Waals surface area contributed by atoms with Crippen molar-refractivity contribution in [1.82, 2.24) is 9.80 Å². The summed E-state index contributed by atoms with van der Waals surface area (Å²) in [5, 5.41) is 0. The van der Waals surface area contributed by atoms with Gasteiger partial charge < -0.3 is 14.5 Å². The molecule has 3 rings (SSSR count). The Bertz CT molecular complexity index is 401. The highest BCUT2D eigenvalue weighted by Crippen LogP contribution is 2.27. The first-order valence-electron chi connectivity index (χ1n) is 8.88. The number of nitrogens with zero attached hydrogens (tertiary/aromatic N) is 2. The summed E-state index contributed by atoms with van der Waals surface area (Å²) in [7, 11) is 0. The normalized spacial score (nSPS) is 28.0. The first-order valence-corrected chi connectivity index (χ1v) is 8.88. The molecule has 5 nitrogen and oxygen atoms in total. The summed E-state index contributed by atoms with van der Waals surface area (Å²) in [6, 6.07) is 0. The monoisotopic (exact) mass is 308 g/mol. The van der Waals surface area contributed by atoms with E-state index in [1.807, 2.05) is 9.80 Å². The fourth-order valence-corrected chi connectivity index (χ4v) is 4.02. The van der Waals surface area contributed by atoms with Crippen LogP contribution in [0.2, 0.25) is 0 Å². The predicted octanol–water partition coefficient (Wildman–Crippen LogP) is 1.66. The van der Waals surface area contributed by atoms with Crippen molar-refractivity contribution in [3.63, 3.8) is 0 Å². The van der Waals surface area contributed by atoms with Gasteiger partial charge in [0.2, 0.25) is 11.8 Å². The fraction of sp³-hybridized carbons (Fsp3) is 0.882. The molecule has 22 heavy (non-hydrogen) atoms. The van der Waals surface area contributed by atoms with Crippen LogP contribution in [-0.4, -0.2) is 61.0 Å². The fourth-order valence-electron chi connectivity index (χ4n) is 4.02. The van der Waals surface area contributed by atoms with E-state index in [0.717, 1.165) is 13.0 Å². The van der Waals surface area contributed by atoms with Crippen molar-refractivity contribution < 1.29 is 14.3 Å². The van der Waals surface area contributed by atoms with Crippen molar-refractivity contribution in [2.24, 2.45) is 11.8 Å². The van der Waals surface area contributed by atoms with Gasteiger partial charge in [-0.3, -0.25) is 9.59 Å². The van der Waals surface area contributed by atoms with Crippen LogP contribution in [0, 0.1) is 11.8 Å². The number of rotatable bonds is 3.